The lowest BCUT2D eigenvalue weighted by atomic mass is 9.72. The van der Waals surface area contributed by atoms with E-state index in [4.69, 9.17) is 13.6 Å². The fourth-order valence-corrected chi connectivity index (χ4v) is 7.03. The van der Waals surface area contributed by atoms with Crippen LogP contribution in [0.2, 0.25) is 13.1 Å². The number of nitrogens with zero attached hydrogens (tertiary/aromatic N) is 1. The third kappa shape index (κ3) is 9.76. The zero-order chi connectivity index (χ0) is 31.6. The molecule has 1 saturated heterocycles. The molecule has 6 nitrogen and oxygen atoms in total. The first kappa shape index (κ1) is 35.0. The number of carbonyl (C=O) groups is 2. The third-order valence-electron chi connectivity index (χ3n) is 8.39. The third-order valence-corrected chi connectivity index (χ3v) is 9.29. The first-order valence-corrected chi connectivity index (χ1v) is 17.5. The maximum Gasteiger partial charge on any atom is 0.416 e. The largest absolute Gasteiger partial charge is 0.465 e. The smallest absolute Gasteiger partial charge is 0.416 e. The maximum atomic E-state index is 13.5. The van der Waals surface area contributed by atoms with Crippen molar-refractivity contribution in [1.82, 2.24) is 4.90 Å². The molecule has 1 aliphatic heterocycles. The van der Waals surface area contributed by atoms with E-state index < -0.39 is 23.4 Å². The Morgan fingerprint density at radius 1 is 1.05 bits per heavy atom. The van der Waals surface area contributed by atoms with Crippen molar-refractivity contribution in [3.8, 4) is 0 Å². The van der Waals surface area contributed by atoms with Gasteiger partial charge >= 0.3 is 12.1 Å². The van der Waals surface area contributed by atoms with Gasteiger partial charge in [-0.3, -0.25) is 4.79 Å². The number of carbonyl (C=O) groups excluding carboxylic acids is 2. The minimum Gasteiger partial charge on any atom is -0.465 e. The summed E-state index contributed by atoms with van der Waals surface area (Å²) in [5.41, 5.74) is 1.08. The Morgan fingerprint density at radius 2 is 1.72 bits per heavy atom. The van der Waals surface area contributed by atoms with Gasteiger partial charge in [0.05, 0.1) is 18.2 Å². The number of aryl methyl sites for hydroxylation is 1. The molecule has 234 valence electrons. The van der Waals surface area contributed by atoms with E-state index in [0.29, 0.717) is 30.5 Å². The summed E-state index contributed by atoms with van der Waals surface area (Å²) in [6.07, 6.45) is -0.139. The highest BCUT2D eigenvalue weighted by Crippen LogP contribution is 2.40. The van der Waals surface area contributed by atoms with Gasteiger partial charge in [0.25, 0.3) is 0 Å². The van der Waals surface area contributed by atoms with Gasteiger partial charge in [0.15, 0.2) is 0 Å². The molecule has 0 aliphatic carbocycles. The van der Waals surface area contributed by atoms with Crippen LogP contribution in [0.5, 0.6) is 0 Å². The van der Waals surface area contributed by atoms with E-state index in [0.717, 1.165) is 43.7 Å². The number of benzene rings is 2. The van der Waals surface area contributed by atoms with E-state index in [1.807, 2.05) is 30.1 Å². The average Bonchev–Trinajstić information content (AvgIpc) is 3.33. The summed E-state index contributed by atoms with van der Waals surface area (Å²) < 4.78 is 57.2. The number of hydrogen-bond donors (Lipinski definition) is 0. The minimum atomic E-state index is -4.41. The standard InChI is InChI=1S/C32H42F3NO5Si2/c1-31(2,30(40-42-4)41-43-5)25(20-23-8-6-10-26(21-23)32(33,34)35)15-16-27-17-18-28(37)36(27)19-7-9-22-11-13-24(14-12-22)29(38)39-3/h6,8,10-14,21,25,27,30H,7,9,15-20H2,1-5H3. The molecule has 2 aromatic carbocycles. The van der Waals surface area contributed by atoms with E-state index in [-0.39, 0.29) is 43.4 Å². The maximum absolute atomic E-state index is 13.5. The van der Waals surface area contributed by atoms with Gasteiger partial charge < -0.3 is 18.5 Å². The van der Waals surface area contributed by atoms with Crippen LogP contribution < -0.4 is 0 Å². The number of halogens is 3. The molecule has 0 N–H and O–H groups in total. The number of methoxy groups -OCH3 is 1. The molecule has 0 saturated carbocycles. The van der Waals surface area contributed by atoms with Gasteiger partial charge in [-0.15, -0.1) is 0 Å². The minimum absolute atomic E-state index is 0.0421. The molecule has 2 aromatic rings. The second-order valence-corrected chi connectivity index (χ2v) is 12.8. The molecule has 4 radical (unpaired) electrons. The van der Waals surface area contributed by atoms with E-state index in [2.05, 4.69) is 13.8 Å². The highest BCUT2D eigenvalue weighted by molar-refractivity contribution is 6.26. The predicted molar refractivity (Wildman–Crippen MR) is 162 cm³/mol. The SMILES string of the molecule is COC(=O)c1ccc(CCCN2C(=O)CCC2CCC(Cc2cccc(C(F)(F)F)c2)C(C)(C)C(O[Si]C)O[Si]C)cc1. The van der Waals surface area contributed by atoms with Crippen LogP contribution in [0.1, 0.15) is 73.0 Å². The fourth-order valence-electron chi connectivity index (χ4n) is 5.80. The van der Waals surface area contributed by atoms with Gasteiger partial charge in [0.1, 0.15) is 6.29 Å². The van der Waals surface area contributed by atoms with Crippen molar-refractivity contribution in [3.05, 3.63) is 70.8 Å². The van der Waals surface area contributed by atoms with Gasteiger partial charge in [-0.25, -0.2) is 4.79 Å². The molecule has 0 bridgehead atoms. The summed E-state index contributed by atoms with van der Waals surface area (Å²) in [5.74, 6) is -0.274. The van der Waals surface area contributed by atoms with Crippen LogP contribution in [0.4, 0.5) is 13.2 Å². The average molecular weight is 634 g/mol. The predicted octanol–water partition coefficient (Wildman–Crippen LogP) is 6.77. The van der Waals surface area contributed by atoms with Crippen LogP contribution in [-0.2, 0) is 37.4 Å². The Labute approximate surface area is 258 Å². The molecule has 1 amide bonds. The lowest BCUT2D eigenvalue weighted by Crippen LogP contribution is -2.43. The Bertz CT molecular complexity index is 1190. The van der Waals surface area contributed by atoms with Gasteiger partial charge in [-0.05, 0) is 86.9 Å². The normalized spacial score (nSPS) is 16.6. The van der Waals surface area contributed by atoms with E-state index >= 15 is 0 Å². The summed E-state index contributed by atoms with van der Waals surface area (Å²) in [7, 11) is 1.78. The van der Waals surface area contributed by atoms with E-state index in [9.17, 15) is 22.8 Å². The van der Waals surface area contributed by atoms with Crippen LogP contribution in [0.15, 0.2) is 48.5 Å². The number of likely N-dealkylation sites (tertiary alicyclic amines) is 1. The lowest BCUT2D eigenvalue weighted by molar-refractivity contribution is -0.137. The second-order valence-electron chi connectivity index (χ2n) is 11.5. The summed E-state index contributed by atoms with van der Waals surface area (Å²) in [6, 6.07) is 12.9. The highest BCUT2D eigenvalue weighted by Gasteiger charge is 2.40. The summed E-state index contributed by atoms with van der Waals surface area (Å²) in [6.45, 7) is 8.64. The van der Waals surface area contributed by atoms with Crippen LogP contribution in [0.25, 0.3) is 0 Å². The van der Waals surface area contributed by atoms with Crippen LogP contribution in [0.3, 0.4) is 0 Å². The van der Waals surface area contributed by atoms with Crippen LogP contribution in [-0.4, -0.2) is 62.3 Å². The van der Waals surface area contributed by atoms with Crippen molar-refractivity contribution in [2.24, 2.45) is 11.3 Å². The van der Waals surface area contributed by atoms with Gasteiger partial charge in [-0.2, -0.15) is 13.2 Å². The Hall–Kier alpha value is -2.48. The number of ether oxygens (including phenoxy) is 1. The molecule has 1 heterocycles. The Kier molecular flexibility index (Phi) is 13.0. The van der Waals surface area contributed by atoms with Crippen molar-refractivity contribution in [3.63, 3.8) is 0 Å². The first-order valence-electron chi connectivity index (χ1n) is 14.7. The quantitative estimate of drug-likeness (QED) is 0.116. The number of esters is 1. The van der Waals surface area contributed by atoms with Gasteiger partial charge in [0, 0.05) is 24.4 Å². The molecule has 3 rings (SSSR count). The number of rotatable bonds is 16. The van der Waals surface area contributed by atoms with Crippen molar-refractivity contribution < 1.29 is 36.3 Å². The second kappa shape index (κ2) is 16.0. The molecule has 43 heavy (non-hydrogen) atoms. The summed E-state index contributed by atoms with van der Waals surface area (Å²) in [4.78, 5) is 26.5. The first-order chi connectivity index (χ1) is 20.4. The summed E-state index contributed by atoms with van der Waals surface area (Å²) >= 11 is 0. The topological polar surface area (TPSA) is 65.1 Å². The van der Waals surface area contributed by atoms with E-state index in [1.54, 1.807) is 18.2 Å². The molecular weight excluding hydrogens is 592 g/mol. The van der Waals surface area contributed by atoms with Gasteiger partial charge in [-0.1, -0.05) is 44.2 Å². The number of amides is 1. The van der Waals surface area contributed by atoms with Crippen molar-refractivity contribution in [2.45, 2.75) is 90.4 Å². The summed E-state index contributed by atoms with van der Waals surface area (Å²) in [5, 5.41) is 0. The number of alkyl halides is 3. The van der Waals surface area contributed by atoms with Crippen molar-refractivity contribution in [2.75, 3.05) is 13.7 Å². The Balaban J connectivity index is 1.71. The van der Waals surface area contributed by atoms with E-state index in [1.165, 1.54) is 19.2 Å². The fraction of sp³-hybridized carbons (Fsp3) is 0.562. The van der Waals surface area contributed by atoms with Crippen LogP contribution >= 0.6 is 0 Å². The monoisotopic (exact) mass is 633 g/mol. The van der Waals surface area contributed by atoms with Crippen LogP contribution in [0, 0.1) is 11.3 Å². The molecule has 11 heteroatoms. The zero-order valence-electron chi connectivity index (χ0n) is 25.6. The zero-order valence-corrected chi connectivity index (χ0v) is 27.6. The molecule has 0 spiro atoms. The number of hydrogen-bond acceptors (Lipinski definition) is 5. The lowest BCUT2D eigenvalue weighted by Gasteiger charge is -2.41. The molecule has 1 fully saturated rings. The highest BCUT2D eigenvalue weighted by atomic mass is 28.2. The van der Waals surface area contributed by atoms with Crippen molar-refractivity contribution in [1.29, 1.82) is 0 Å². The van der Waals surface area contributed by atoms with Gasteiger partial charge in [0.2, 0.25) is 25.4 Å². The van der Waals surface area contributed by atoms with Crippen molar-refractivity contribution >= 4 is 31.4 Å². The molecule has 0 aromatic heterocycles. The molecule has 2 unspecified atom stereocenters. The Morgan fingerprint density at radius 3 is 2.33 bits per heavy atom. The molecule has 1 aliphatic rings. The molecular formula is C32H42F3NO5Si2. The molecule has 2 atom stereocenters.